The number of nitrogens with one attached hydrogen (secondary N) is 1. The van der Waals surface area contributed by atoms with E-state index in [1.807, 2.05) is 25.1 Å². The normalized spacial score (nSPS) is 17.7. The Bertz CT molecular complexity index is 475. The van der Waals surface area contributed by atoms with Crippen LogP contribution >= 0.6 is 0 Å². The molecular formula is C15H24N4O. The van der Waals surface area contributed by atoms with Gasteiger partial charge in [-0.3, -0.25) is 9.69 Å². The summed E-state index contributed by atoms with van der Waals surface area (Å²) in [6.45, 7) is 6.44. The molecule has 1 aliphatic heterocycles. The van der Waals surface area contributed by atoms with Gasteiger partial charge < -0.3 is 16.0 Å². The van der Waals surface area contributed by atoms with Crippen LogP contribution in [0.2, 0.25) is 0 Å². The monoisotopic (exact) mass is 276 g/mol. The minimum absolute atomic E-state index is 0.00473. The highest BCUT2D eigenvalue weighted by molar-refractivity contribution is 5.95. The fourth-order valence-corrected chi connectivity index (χ4v) is 2.45. The predicted molar refractivity (Wildman–Crippen MR) is 82.8 cm³/mol. The molecule has 5 nitrogen and oxygen atoms in total. The van der Waals surface area contributed by atoms with E-state index in [0.29, 0.717) is 17.9 Å². The Morgan fingerprint density at radius 1 is 1.30 bits per heavy atom. The largest absolute Gasteiger partial charge is 0.397 e. The number of likely N-dealkylation sites (N-methyl/N-ethyl adjacent to an activating group) is 1. The molecule has 1 heterocycles. The molecule has 0 aliphatic carbocycles. The lowest BCUT2D eigenvalue weighted by molar-refractivity contribution is -0.117. The molecule has 1 aliphatic rings. The van der Waals surface area contributed by atoms with Crippen molar-refractivity contribution in [1.29, 1.82) is 0 Å². The Balaban J connectivity index is 1.88. The first kappa shape index (κ1) is 14.8. The topological polar surface area (TPSA) is 61.6 Å². The first-order valence-electron chi connectivity index (χ1n) is 7.11. The third-order valence-corrected chi connectivity index (χ3v) is 3.66. The quantitative estimate of drug-likeness (QED) is 0.813. The molecule has 5 heteroatoms. The number of nitrogens with zero attached hydrogens (tertiary/aromatic N) is 2. The van der Waals surface area contributed by atoms with Gasteiger partial charge in [-0.1, -0.05) is 6.07 Å². The fourth-order valence-electron chi connectivity index (χ4n) is 2.45. The molecule has 1 saturated heterocycles. The lowest BCUT2D eigenvalue weighted by Gasteiger charge is -2.19. The number of nitrogen functional groups attached to an aromatic ring is 1. The van der Waals surface area contributed by atoms with Crippen molar-refractivity contribution in [1.82, 2.24) is 9.80 Å². The maximum Gasteiger partial charge on any atom is 0.238 e. The third-order valence-electron chi connectivity index (χ3n) is 3.66. The average molecular weight is 276 g/mol. The van der Waals surface area contributed by atoms with Crippen LogP contribution in [0.5, 0.6) is 0 Å². The second kappa shape index (κ2) is 6.72. The fraction of sp³-hybridized carbons (Fsp3) is 0.533. The van der Waals surface area contributed by atoms with Crippen LogP contribution in [0.25, 0.3) is 0 Å². The third kappa shape index (κ3) is 4.21. The molecule has 0 atom stereocenters. The summed E-state index contributed by atoms with van der Waals surface area (Å²) < 4.78 is 0. The summed E-state index contributed by atoms with van der Waals surface area (Å²) in [5.74, 6) is 0.00473. The Kier molecular flexibility index (Phi) is 4.98. The zero-order chi connectivity index (χ0) is 14.5. The number of aryl methyl sites for hydroxylation is 1. The Morgan fingerprint density at radius 3 is 2.85 bits per heavy atom. The highest BCUT2D eigenvalue weighted by atomic mass is 16.2. The Morgan fingerprint density at radius 2 is 2.10 bits per heavy atom. The van der Waals surface area contributed by atoms with Crippen molar-refractivity contribution in [2.45, 2.75) is 13.3 Å². The lowest BCUT2D eigenvalue weighted by Crippen LogP contribution is -2.36. The predicted octanol–water partition coefficient (Wildman–Crippen LogP) is 1.15. The molecule has 0 aromatic heterocycles. The maximum atomic E-state index is 12.1. The van der Waals surface area contributed by atoms with Gasteiger partial charge in [-0.05, 0) is 51.2 Å². The van der Waals surface area contributed by atoms with Crippen LogP contribution in [0.4, 0.5) is 11.4 Å². The second-order valence-electron chi connectivity index (χ2n) is 5.57. The van der Waals surface area contributed by atoms with Crippen molar-refractivity contribution in [3.05, 3.63) is 23.8 Å². The molecule has 0 radical (unpaired) electrons. The highest BCUT2D eigenvalue weighted by Crippen LogP contribution is 2.19. The summed E-state index contributed by atoms with van der Waals surface area (Å²) in [5, 5.41) is 2.90. The molecule has 0 unspecified atom stereocenters. The minimum Gasteiger partial charge on any atom is -0.397 e. The molecule has 1 amide bonds. The Hall–Kier alpha value is -1.59. The number of benzene rings is 1. The van der Waals surface area contributed by atoms with Gasteiger partial charge in [-0.15, -0.1) is 0 Å². The molecular weight excluding hydrogens is 252 g/mol. The number of nitrogens with two attached hydrogens (primary N) is 1. The summed E-state index contributed by atoms with van der Waals surface area (Å²) in [5.41, 5.74) is 8.33. The second-order valence-corrected chi connectivity index (χ2v) is 5.57. The van der Waals surface area contributed by atoms with E-state index in [2.05, 4.69) is 22.2 Å². The molecule has 0 bridgehead atoms. The molecule has 1 aromatic rings. The van der Waals surface area contributed by atoms with Crippen LogP contribution in [0.15, 0.2) is 18.2 Å². The van der Waals surface area contributed by atoms with Crippen LogP contribution in [-0.4, -0.2) is 55.5 Å². The Labute approximate surface area is 120 Å². The van der Waals surface area contributed by atoms with Gasteiger partial charge in [0.25, 0.3) is 0 Å². The van der Waals surface area contributed by atoms with Gasteiger partial charge >= 0.3 is 0 Å². The van der Waals surface area contributed by atoms with Gasteiger partial charge in [0, 0.05) is 13.1 Å². The lowest BCUT2D eigenvalue weighted by atomic mass is 10.2. The van der Waals surface area contributed by atoms with E-state index in [4.69, 9.17) is 5.73 Å². The summed E-state index contributed by atoms with van der Waals surface area (Å²) in [4.78, 5) is 16.6. The van der Waals surface area contributed by atoms with Crippen LogP contribution in [0.1, 0.15) is 12.0 Å². The van der Waals surface area contributed by atoms with E-state index in [1.54, 1.807) is 0 Å². The van der Waals surface area contributed by atoms with Crippen molar-refractivity contribution in [3.8, 4) is 0 Å². The van der Waals surface area contributed by atoms with Gasteiger partial charge in [0.05, 0.1) is 17.9 Å². The standard InChI is InChI=1S/C15H24N4O/c1-12-4-5-14(13(16)10-12)17-15(20)11-19-7-3-6-18(2)8-9-19/h4-5,10H,3,6-9,11,16H2,1-2H3,(H,17,20). The van der Waals surface area contributed by atoms with Crippen molar-refractivity contribution in [2.24, 2.45) is 0 Å². The number of rotatable bonds is 3. The molecule has 0 spiro atoms. The molecule has 1 fully saturated rings. The van der Waals surface area contributed by atoms with E-state index in [1.165, 1.54) is 0 Å². The molecule has 3 N–H and O–H groups in total. The first-order chi connectivity index (χ1) is 9.54. The zero-order valence-corrected chi connectivity index (χ0v) is 12.4. The molecule has 1 aromatic carbocycles. The highest BCUT2D eigenvalue weighted by Gasteiger charge is 2.15. The van der Waals surface area contributed by atoms with Gasteiger partial charge in [0.2, 0.25) is 5.91 Å². The smallest absolute Gasteiger partial charge is 0.238 e. The van der Waals surface area contributed by atoms with Gasteiger partial charge in [-0.2, -0.15) is 0 Å². The van der Waals surface area contributed by atoms with E-state index >= 15 is 0 Å². The maximum absolute atomic E-state index is 12.1. The first-order valence-corrected chi connectivity index (χ1v) is 7.11. The summed E-state index contributed by atoms with van der Waals surface area (Å²) in [7, 11) is 2.12. The number of anilines is 2. The summed E-state index contributed by atoms with van der Waals surface area (Å²) in [6, 6.07) is 5.68. The number of amides is 1. The average Bonchev–Trinajstić information content (AvgIpc) is 2.58. The number of hydrogen-bond donors (Lipinski definition) is 2. The number of carbonyl (C=O) groups excluding carboxylic acids is 1. The molecule has 20 heavy (non-hydrogen) atoms. The number of carbonyl (C=O) groups is 1. The molecule has 110 valence electrons. The van der Waals surface area contributed by atoms with Crippen LogP contribution in [0, 0.1) is 6.92 Å². The zero-order valence-electron chi connectivity index (χ0n) is 12.4. The van der Waals surface area contributed by atoms with Gasteiger partial charge in [0.1, 0.15) is 0 Å². The van der Waals surface area contributed by atoms with Crippen LogP contribution < -0.4 is 11.1 Å². The van der Waals surface area contributed by atoms with E-state index in [-0.39, 0.29) is 5.91 Å². The van der Waals surface area contributed by atoms with Crippen LogP contribution in [-0.2, 0) is 4.79 Å². The SMILES string of the molecule is Cc1ccc(NC(=O)CN2CCCN(C)CC2)c(N)c1. The summed E-state index contributed by atoms with van der Waals surface area (Å²) in [6.07, 6.45) is 1.11. The van der Waals surface area contributed by atoms with E-state index < -0.39 is 0 Å². The molecule has 0 saturated carbocycles. The minimum atomic E-state index is 0.00473. The van der Waals surface area contributed by atoms with Crippen molar-refractivity contribution in [3.63, 3.8) is 0 Å². The van der Waals surface area contributed by atoms with E-state index in [0.717, 1.165) is 38.2 Å². The van der Waals surface area contributed by atoms with Crippen molar-refractivity contribution < 1.29 is 4.79 Å². The summed E-state index contributed by atoms with van der Waals surface area (Å²) >= 11 is 0. The van der Waals surface area contributed by atoms with Crippen molar-refractivity contribution >= 4 is 17.3 Å². The van der Waals surface area contributed by atoms with Crippen LogP contribution in [0.3, 0.4) is 0 Å². The van der Waals surface area contributed by atoms with Gasteiger partial charge in [0.15, 0.2) is 0 Å². The number of hydrogen-bond acceptors (Lipinski definition) is 4. The van der Waals surface area contributed by atoms with Gasteiger partial charge in [-0.25, -0.2) is 0 Å². The van der Waals surface area contributed by atoms with E-state index in [9.17, 15) is 4.79 Å². The van der Waals surface area contributed by atoms with Crippen molar-refractivity contribution in [2.75, 3.05) is 50.8 Å². The molecule has 2 rings (SSSR count).